The van der Waals surface area contributed by atoms with Crippen molar-refractivity contribution in [3.05, 3.63) is 24.1 Å². The van der Waals surface area contributed by atoms with Gasteiger partial charge in [-0.15, -0.1) is 0 Å². The number of hydrogen-bond donors (Lipinski definition) is 3. The molecule has 0 saturated carbocycles. The summed E-state index contributed by atoms with van der Waals surface area (Å²) in [4.78, 5) is 25.0. The zero-order valence-corrected chi connectivity index (χ0v) is 10.9. The van der Waals surface area contributed by atoms with Crippen LogP contribution in [0.15, 0.2) is 22.6 Å². The fraction of sp³-hybridized carbons (Fsp3) is 0.250. The van der Waals surface area contributed by atoms with Gasteiger partial charge in [0.05, 0.1) is 6.42 Å². The van der Waals surface area contributed by atoms with Crippen LogP contribution < -0.4 is 10.6 Å². The Hall–Kier alpha value is -2.78. The minimum atomic E-state index is -4.69. The van der Waals surface area contributed by atoms with Gasteiger partial charge in [-0.05, 0) is 18.2 Å². The van der Waals surface area contributed by atoms with E-state index in [2.05, 4.69) is 20.0 Å². The van der Waals surface area contributed by atoms with Gasteiger partial charge in [0.2, 0.25) is 0 Å². The molecular formula is C12H10F3N3O4. The van der Waals surface area contributed by atoms with E-state index in [9.17, 15) is 22.8 Å². The number of halogens is 3. The summed E-state index contributed by atoms with van der Waals surface area (Å²) in [5.41, 5.74) is 0.0715. The number of alkyl halides is 3. The fourth-order valence-electron chi connectivity index (χ4n) is 1.58. The molecule has 1 aromatic carbocycles. The maximum Gasteiger partial charge on any atom is 0.468 e. The van der Waals surface area contributed by atoms with Gasteiger partial charge in [-0.3, -0.25) is 4.79 Å². The van der Waals surface area contributed by atoms with Crippen LogP contribution in [0.5, 0.6) is 0 Å². The first kappa shape index (κ1) is 15.6. The van der Waals surface area contributed by atoms with Gasteiger partial charge in [0.25, 0.3) is 0 Å². The van der Waals surface area contributed by atoms with E-state index < -0.39 is 24.1 Å². The summed E-state index contributed by atoms with van der Waals surface area (Å²) in [5, 5.41) is 13.1. The smallest absolute Gasteiger partial charge is 0.468 e. The Balaban J connectivity index is 2.06. The summed E-state index contributed by atoms with van der Waals surface area (Å²) < 4.78 is 41.9. The molecule has 0 aliphatic heterocycles. The molecule has 2 amide bonds. The number of hydrogen-bond acceptors (Lipinski definition) is 4. The minimum Gasteiger partial charge on any atom is -0.481 e. The van der Waals surface area contributed by atoms with Gasteiger partial charge in [0.15, 0.2) is 5.58 Å². The summed E-state index contributed by atoms with van der Waals surface area (Å²) in [6, 6.07) is 3.11. The number of aromatic nitrogens is 1. The number of anilines is 1. The highest BCUT2D eigenvalue weighted by Crippen LogP contribution is 2.31. The van der Waals surface area contributed by atoms with Gasteiger partial charge in [-0.1, -0.05) is 0 Å². The first-order valence-electron chi connectivity index (χ1n) is 6.00. The predicted molar refractivity (Wildman–Crippen MR) is 68.3 cm³/mol. The van der Waals surface area contributed by atoms with Gasteiger partial charge in [-0.25, -0.2) is 9.78 Å². The normalized spacial score (nSPS) is 11.4. The minimum absolute atomic E-state index is 0.0596. The van der Waals surface area contributed by atoms with Crippen molar-refractivity contribution in [1.82, 2.24) is 10.3 Å². The Morgan fingerprint density at radius 1 is 1.32 bits per heavy atom. The molecule has 0 aliphatic carbocycles. The van der Waals surface area contributed by atoms with E-state index in [0.717, 1.165) is 0 Å². The lowest BCUT2D eigenvalue weighted by molar-refractivity contribution is -0.156. The third-order valence-electron chi connectivity index (χ3n) is 2.51. The second kappa shape index (κ2) is 5.92. The van der Waals surface area contributed by atoms with Crippen LogP contribution in [0.25, 0.3) is 11.1 Å². The number of benzene rings is 1. The monoisotopic (exact) mass is 317 g/mol. The molecule has 0 bridgehead atoms. The van der Waals surface area contributed by atoms with Crippen LogP contribution >= 0.6 is 0 Å². The fourth-order valence-corrected chi connectivity index (χ4v) is 1.58. The first-order valence-corrected chi connectivity index (χ1v) is 6.00. The molecular weight excluding hydrogens is 307 g/mol. The highest BCUT2D eigenvalue weighted by Gasteiger charge is 2.37. The number of amides is 2. The number of aliphatic carboxylic acids is 1. The molecule has 0 unspecified atom stereocenters. The van der Waals surface area contributed by atoms with Gasteiger partial charge < -0.3 is 20.2 Å². The van der Waals surface area contributed by atoms with Gasteiger partial charge >= 0.3 is 24.1 Å². The molecule has 0 atom stereocenters. The number of nitrogens with zero attached hydrogens (tertiary/aromatic N) is 1. The number of urea groups is 1. The number of carboxylic acids is 1. The maximum atomic E-state index is 12.5. The van der Waals surface area contributed by atoms with Crippen LogP contribution in [0.3, 0.4) is 0 Å². The van der Waals surface area contributed by atoms with E-state index in [1.165, 1.54) is 18.2 Å². The SMILES string of the molecule is O=C(O)CCNC(=O)Nc1ccc2oc(C(F)(F)F)nc2c1. The third kappa shape index (κ3) is 3.87. The molecule has 0 aliphatic rings. The Labute approximate surface area is 121 Å². The number of rotatable bonds is 4. The Morgan fingerprint density at radius 3 is 2.68 bits per heavy atom. The molecule has 0 spiro atoms. The van der Waals surface area contributed by atoms with Crippen LogP contribution in [-0.2, 0) is 11.0 Å². The molecule has 3 N–H and O–H groups in total. The summed E-state index contributed by atoms with van der Waals surface area (Å²) in [6.07, 6.45) is -4.94. The van der Waals surface area contributed by atoms with E-state index in [1.54, 1.807) is 0 Å². The topological polar surface area (TPSA) is 104 Å². The zero-order chi connectivity index (χ0) is 16.3. The highest BCUT2D eigenvalue weighted by atomic mass is 19.4. The van der Waals surface area contributed by atoms with E-state index in [4.69, 9.17) is 5.11 Å². The van der Waals surface area contributed by atoms with Crippen molar-refractivity contribution in [1.29, 1.82) is 0 Å². The molecule has 7 nitrogen and oxygen atoms in total. The molecule has 0 fully saturated rings. The number of carbonyl (C=O) groups is 2. The van der Waals surface area contributed by atoms with Crippen LogP contribution in [0.4, 0.5) is 23.7 Å². The second-order valence-corrected chi connectivity index (χ2v) is 4.22. The summed E-state index contributed by atoms with van der Waals surface area (Å²) in [6.45, 7) is -0.0778. The Kier molecular flexibility index (Phi) is 4.20. The van der Waals surface area contributed by atoms with Crippen molar-refractivity contribution in [3.8, 4) is 0 Å². The van der Waals surface area contributed by atoms with E-state index in [-0.39, 0.29) is 29.8 Å². The number of carboxylic acid groups (broad SMARTS) is 1. The molecule has 1 aromatic heterocycles. The van der Waals surface area contributed by atoms with E-state index in [1.807, 2.05) is 0 Å². The average Bonchev–Trinajstić information content (AvgIpc) is 2.81. The molecule has 118 valence electrons. The van der Waals surface area contributed by atoms with Gasteiger partial charge in [0.1, 0.15) is 5.52 Å². The average molecular weight is 317 g/mol. The highest BCUT2D eigenvalue weighted by molar-refractivity contribution is 5.91. The maximum absolute atomic E-state index is 12.5. The van der Waals surface area contributed by atoms with Gasteiger partial charge in [-0.2, -0.15) is 13.2 Å². The molecule has 1 heterocycles. The van der Waals surface area contributed by atoms with E-state index in [0.29, 0.717) is 0 Å². The molecule has 2 aromatic rings. The lowest BCUT2D eigenvalue weighted by Crippen LogP contribution is -2.30. The van der Waals surface area contributed by atoms with Crippen molar-refractivity contribution in [2.75, 3.05) is 11.9 Å². The number of nitrogens with one attached hydrogen (secondary N) is 2. The largest absolute Gasteiger partial charge is 0.481 e. The molecule has 22 heavy (non-hydrogen) atoms. The van der Waals surface area contributed by atoms with Crippen LogP contribution in [-0.4, -0.2) is 28.6 Å². The first-order chi connectivity index (χ1) is 10.3. The molecule has 10 heteroatoms. The molecule has 2 rings (SSSR count). The van der Waals surface area contributed by atoms with Crippen molar-refractivity contribution < 1.29 is 32.3 Å². The molecule has 0 radical (unpaired) electrons. The summed E-state index contributed by atoms with van der Waals surface area (Å²) >= 11 is 0. The third-order valence-corrected chi connectivity index (χ3v) is 2.51. The number of carbonyl (C=O) groups excluding carboxylic acids is 1. The van der Waals surface area contributed by atoms with Crippen LogP contribution in [0.1, 0.15) is 12.3 Å². The molecule has 0 saturated heterocycles. The van der Waals surface area contributed by atoms with E-state index >= 15 is 0 Å². The quantitative estimate of drug-likeness (QED) is 0.803. The van der Waals surface area contributed by atoms with Gasteiger partial charge in [0, 0.05) is 12.2 Å². The lowest BCUT2D eigenvalue weighted by Gasteiger charge is -2.06. The van der Waals surface area contributed by atoms with Crippen molar-refractivity contribution in [3.63, 3.8) is 0 Å². The zero-order valence-electron chi connectivity index (χ0n) is 10.9. The number of fused-ring (bicyclic) bond motifs is 1. The Bertz CT molecular complexity index is 711. The Morgan fingerprint density at radius 2 is 2.05 bits per heavy atom. The summed E-state index contributed by atoms with van der Waals surface area (Å²) in [5.74, 6) is -2.44. The lowest BCUT2D eigenvalue weighted by atomic mass is 10.3. The predicted octanol–water partition coefficient (Wildman–Crippen LogP) is 2.44. The van der Waals surface area contributed by atoms with Crippen LogP contribution in [0.2, 0.25) is 0 Å². The summed E-state index contributed by atoms with van der Waals surface area (Å²) in [7, 11) is 0. The van der Waals surface area contributed by atoms with Crippen molar-refractivity contribution >= 4 is 28.8 Å². The second-order valence-electron chi connectivity index (χ2n) is 4.22. The number of oxazole rings is 1. The van der Waals surface area contributed by atoms with Crippen molar-refractivity contribution in [2.45, 2.75) is 12.6 Å². The van der Waals surface area contributed by atoms with Crippen LogP contribution in [0, 0.1) is 0 Å². The van der Waals surface area contributed by atoms with Crippen molar-refractivity contribution in [2.24, 2.45) is 0 Å². The standard InChI is InChI=1S/C12H10F3N3O4/c13-12(14,15)10-18-7-5-6(1-2-8(7)22-10)17-11(21)16-4-3-9(19)20/h1-2,5H,3-4H2,(H,19,20)(H2,16,17,21).